The smallest absolute Gasteiger partial charge is 0.257 e. The van der Waals surface area contributed by atoms with Crippen molar-refractivity contribution in [3.8, 4) is 0 Å². The number of rotatable bonds is 2. The number of nitrogens with two attached hydrogens (primary N) is 1. The van der Waals surface area contributed by atoms with Gasteiger partial charge in [-0.3, -0.25) is 4.79 Å². The van der Waals surface area contributed by atoms with Crippen LogP contribution >= 0.6 is 34.5 Å². The lowest BCUT2D eigenvalue weighted by Crippen LogP contribution is -2.12. The summed E-state index contributed by atoms with van der Waals surface area (Å²) < 4.78 is 0.926. The Bertz CT molecular complexity index is 892. The number of halogens is 2. The number of fused-ring (bicyclic) bond motifs is 1. The third-order valence-corrected chi connectivity index (χ3v) is 4.52. The number of anilines is 2. The molecule has 0 radical (unpaired) electrons. The highest BCUT2D eigenvalue weighted by Crippen LogP contribution is 2.30. The van der Waals surface area contributed by atoms with Gasteiger partial charge in [-0.05, 0) is 42.8 Å². The van der Waals surface area contributed by atoms with Gasteiger partial charge in [0.05, 0.1) is 20.8 Å². The number of thiazole rings is 1. The van der Waals surface area contributed by atoms with Crippen molar-refractivity contribution < 1.29 is 4.79 Å². The zero-order chi connectivity index (χ0) is 15.9. The molecule has 0 saturated heterocycles. The van der Waals surface area contributed by atoms with Gasteiger partial charge < -0.3 is 11.1 Å². The lowest BCUT2D eigenvalue weighted by atomic mass is 10.1. The molecule has 0 fully saturated rings. The summed E-state index contributed by atoms with van der Waals surface area (Å²) in [5, 5.41) is 4.13. The molecule has 0 bridgehead atoms. The SMILES string of the molecule is Cc1cc(NC(=O)c2ccc(Cl)cc2Cl)cc2sc(N)nc12. The van der Waals surface area contributed by atoms with Crippen molar-refractivity contribution in [3.05, 3.63) is 51.5 Å². The van der Waals surface area contributed by atoms with Gasteiger partial charge >= 0.3 is 0 Å². The van der Waals surface area contributed by atoms with Gasteiger partial charge in [-0.1, -0.05) is 34.5 Å². The number of nitrogens with zero attached hydrogens (tertiary/aromatic N) is 1. The number of aryl methyl sites for hydroxylation is 1. The molecule has 1 amide bonds. The monoisotopic (exact) mass is 351 g/mol. The second-order valence-corrected chi connectivity index (χ2v) is 6.68. The molecule has 4 nitrogen and oxygen atoms in total. The minimum absolute atomic E-state index is 0.294. The molecule has 7 heteroatoms. The first-order valence-corrected chi connectivity index (χ1v) is 7.94. The topological polar surface area (TPSA) is 68.0 Å². The van der Waals surface area contributed by atoms with E-state index in [1.807, 2.05) is 19.1 Å². The van der Waals surface area contributed by atoms with Crippen LogP contribution < -0.4 is 11.1 Å². The number of amides is 1. The van der Waals surface area contributed by atoms with Crippen LogP contribution in [0.25, 0.3) is 10.2 Å². The summed E-state index contributed by atoms with van der Waals surface area (Å²) in [5.74, 6) is -0.294. The van der Waals surface area contributed by atoms with Gasteiger partial charge in [0.15, 0.2) is 5.13 Å². The predicted molar refractivity (Wildman–Crippen MR) is 93.2 cm³/mol. The second kappa shape index (κ2) is 5.76. The lowest BCUT2D eigenvalue weighted by Gasteiger charge is -2.08. The van der Waals surface area contributed by atoms with Crippen LogP contribution in [-0.4, -0.2) is 10.9 Å². The lowest BCUT2D eigenvalue weighted by molar-refractivity contribution is 0.102. The summed E-state index contributed by atoms with van der Waals surface area (Å²) >= 11 is 13.3. The van der Waals surface area contributed by atoms with Crippen LogP contribution in [0, 0.1) is 6.92 Å². The van der Waals surface area contributed by atoms with Crippen LogP contribution in [0.1, 0.15) is 15.9 Å². The van der Waals surface area contributed by atoms with Crippen molar-refractivity contribution in [2.75, 3.05) is 11.1 Å². The molecule has 3 N–H and O–H groups in total. The Hall–Kier alpha value is -1.82. The van der Waals surface area contributed by atoms with Crippen molar-refractivity contribution in [1.82, 2.24) is 4.98 Å². The Morgan fingerprint density at radius 2 is 2.05 bits per heavy atom. The number of nitrogen functional groups attached to an aromatic ring is 1. The first-order chi connectivity index (χ1) is 10.4. The van der Waals surface area contributed by atoms with Crippen LogP contribution in [0.2, 0.25) is 10.0 Å². The van der Waals surface area contributed by atoms with Gasteiger partial charge in [0.25, 0.3) is 5.91 Å². The van der Waals surface area contributed by atoms with E-state index in [-0.39, 0.29) is 5.91 Å². The Labute approximate surface area is 140 Å². The van der Waals surface area contributed by atoms with E-state index in [4.69, 9.17) is 28.9 Å². The molecule has 0 unspecified atom stereocenters. The summed E-state index contributed by atoms with van der Waals surface area (Å²) in [7, 11) is 0. The molecule has 0 atom stereocenters. The standard InChI is InChI=1S/C15H11Cl2N3OS/c1-7-4-9(6-12-13(7)20-15(18)22-12)19-14(21)10-3-2-8(16)5-11(10)17/h2-6H,1H3,(H2,18,20)(H,19,21). The molecule has 3 aromatic rings. The summed E-state index contributed by atoms with van der Waals surface area (Å²) in [6, 6.07) is 8.45. The molecule has 112 valence electrons. The molecule has 1 aromatic heterocycles. The molecule has 2 aromatic carbocycles. The first kappa shape index (κ1) is 15.1. The van der Waals surface area contributed by atoms with Crippen molar-refractivity contribution in [2.24, 2.45) is 0 Å². The number of aromatic nitrogens is 1. The molecular weight excluding hydrogens is 341 g/mol. The summed E-state index contributed by atoms with van der Waals surface area (Å²) in [4.78, 5) is 16.6. The molecule has 0 aliphatic carbocycles. The molecule has 0 aliphatic heterocycles. The summed E-state index contributed by atoms with van der Waals surface area (Å²) in [5.41, 5.74) is 8.56. The van der Waals surface area contributed by atoms with Crippen LogP contribution in [0.4, 0.5) is 10.8 Å². The fourth-order valence-electron chi connectivity index (χ4n) is 2.16. The fourth-order valence-corrected chi connectivity index (χ4v) is 3.50. The molecule has 0 saturated carbocycles. The number of benzene rings is 2. The van der Waals surface area contributed by atoms with Crippen molar-refractivity contribution in [1.29, 1.82) is 0 Å². The summed E-state index contributed by atoms with van der Waals surface area (Å²) in [6.45, 7) is 1.92. The number of carbonyl (C=O) groups is 1. The van der Waals surface area contributed by atoms with Crippen molar-refractivity contribution in [3.63, 3.8) is 0 Å². The highest BCUT2D eigenvalue weighted by molar-refractivity contribution is 7.22. The average molecular weight is 352 g/mol. The zero-order valence-electron chi connectivity index (χ0n) is 11.5. The molecule has 0 aliphatic rings. The third-order valence-electron chi connectivity index (χ3n) is 3.14. The fraction of sp³-hybridized carbons (Fsp3) is 0.0667. The van der Waals surface area contributed by atoms with Crippen molar-refractivity contribution in [2.45, 2.75) is 6.92 Å². The molecule has 0 spiro atoms. The van der Waals surface area contributed by atoms with Crippen LogP contribution in [0.5, 0.6) is 0 Å². The van der Waals surface area contributed by atoms with E-state index < -0.39 is 0 Å². The number of hydrogen-bond acceptors (Lipinski definition) is 4. The van der Waals surface area contributed by atoms with Gasteiger partial charge in [-0.2, -0.15) is 0 Å². The van der Waals surface area contributed by atoms with Crippen molar-refractivity contribution >= 4 is 61.5 Å². The Morgan fingerprint density at radius 3 is 2.77 bits per heavy atom. The number of hydrogen-bond donors (Lipinski definition) is 2. The van der Waals surface area contributed by atoms with E-state index in [1.165, 1.54) is 17.4 Å². The minimum Gasteiger partial charge on any atom is -0.375 e. The van der Waals surface area contributed by atoms with E-state index in [0.29, 0.717) is 26.4 Å². The third kappa shape index (κ3) is 2.88. The highest BCUT2D eigenvalue weighted by atomic mass is 35.5. The predicted octanol–water partition coefficient (Wildman–Crippen LogP) is 4.75. The average Bonchev–Trinajstić information content (AvgIpc) is 2.79. The maximum atomic E-state index is 12.3. The van der Waals surface area contributed by atoms with Gasteiger partial charge in [-0.15, -0.1) is 0 Å². The number of carbonyl (C=O) groups excluding carboxylic acids is 1. The van der Waals surface area contributed by atoms with Crippen LogP contribution in [0.15, 0.2) is 30.3 Å². The van der Waals surface area contributed by atoms with Crippen LogP contribution in [0.3, 0.4) is 0 Å². The molecule has 3 rings (SSSR count). The number of nitrogens with one attached hydrogen (secondary N) is 1. The molecular formula is C15H11Cl2N3OS. The van der Waals surface area contributed by atoms with Gasteiger partial charge in [-0.25, -0.2) is 4.98 Å². The van der Waals surface area contributed by atoms with Gasteiger partial charge in [0.1, 0.15) is 0 Å². The van der Waals surface area contributed by atoms with E-state index in [9.17, 15) is 4.79 Å². The Balaban J connectivity index is 1.93. The quantitative estimate of drug-likeness (QED) is 0.700. The second-order valence-electron chi connectivity index (χ2n) is 4.77. The van der Waals surface area contributed by atoms with Gasteiger partial charge in [0.2, 0.25) is 0 Å². The Morgan fingerprint density at radius 1 is 1.27 bits per heavy atom. The molecule has 22 heavy (non-hydrogen) atoms. The maximum Gasteiger partial charge on any atom is 0.257 e. The van der Waals surface area contributed by atoms with E-state index in [1.54, 1.807) is 12.1 Å². The normalized spacial score (nSPS) is 10.9. The highest BCUT2D eigenvalue weighted by Gasteiger charge is 2.13. The Kier molecular flexibility index (Phi) is 3.95. The largest absolute Gasteiger partial charge is 0.375 e. The van der Waals surface area contributed by atoms with E-state index in [2.05, 4.69) is 10.3 Å². The van der Waals surface area contributed by atoms with Gasteiger partial charge in [0, 0.05) is 10.7 Å². The van der Waals surface area contributed by atoms with Crippen LogP contribution in [-0.2, 0) is 0 Å². The summed E-state index contributed by atoms with van der Waals surface area (Å²) in [6.07, 6.45) is 0. The van der Waals surface area contributed by atoms with E-state index in [0.717, 1.165) is 15.8 Å². The minimum atomic E-state index is -0.294. The first-order valence-electron chi connectivity index (χ1n) is 6.37. The molecule has 1 heterocycles. The van der Waals surface area contributed by atoms with E-state index >= 15 is 0 Å². The zero-order valence-corrected chi connectivity index (χ0v) is 13.8. The maximum absolute atomic E-state index is 12.3.